The van der Waals surface area contributed by atoms with Crippen LogP contribution in [-0.2, 0) is 22.6 Å². The second-order valence-corrected chi connectivity index (χ2v) is 10.1. The molecule has 0 atom stereocenters. The number of aromatic nitrogens is 3. The molecule has 0 spiro atoms. The van der Waals surface area contributed by atoms with Crippen LogP contribution in [0.1, 0.15) is 37.1 Å². The van der Waals surface area contributed by atoms with E-state index in [2.05, 4.69) is 4.98 Å². The molecule has 0 aliphatic heterocycles. The summed E-state index contributed by atoms with van der Waals surface area (Å²) in [5.74, 6) is -2.02. The molecule has 1 saturated carbocycles. The first kappa shape index (κ1) is 25.7. The minimum absolute atomic E-state index is 0.0838. The lowest BCUT2D eigenvalue weighted by Crippen LogP contribution is -2.37. The molecule has 6 rings (SSSR count). The number of hydrogen-bond acceptors (Lipinski definition) is 6. The number of ether oxygens (including phenoxy) is 2. The third kappa shape index (κ3) is 4.95. The monoisotopic (exact) mass is 542 g/mol. The van der Waals surface area contributed by atoms with Crippen LogP contribution in [0.4, 0.5) is 14.6 Å². The highest BCUT2D eigenvalue weighted by atomic mass is 19.3. The van der Waals surface area contributed by atoms with Crippen molar-refractivity contribution in [2.75, 3.05) is 12.3 Å². The Kier molecular flexibility index (Phi) is 6.57. The van der Waals surface area contributed by atoms with E-state index in [4.69, 9.17) is 20.3 Å². The standard InChI is InChI=1S/C31H28F2N4O3/c1-2-39-29(38)15-22-5-3-4-6-28(22)40-18-26-25-14-21(20-8-7-19-11-12-35-30(34)24(19)13-20)9-10-27(25)37(36-26)23-16-31(32,33)17-23/h3-14,23H,2,15-18H2,1H3,(H2,34,35). The number of alkyl halides is 2. The molecule has 5 aromatic rings. The fraction of sp³-hybridized carbons (Fsp3) is 0.258. The van der Waals surface area contributed by atoms with Crippen molar-refractivity contribution in [1.29, 1.82) is 0 Å². The summed E-state index contributed by atoms with van der Waals surface area (Å²) in [6, 6.07) is 20.7. The van der Waals surface area contributed by atoms with Gasteiger partial charge in [-0.15, -0.1) is 0 Å². The summed E-state index contributed by atoms with van der Waals surface area (Å²) in [6.07, 6.45) is 1.27. The second-order valence-electron chi connectivity index (χ2n) is 10.1. The molecule has 3 aromatic carbocycles. The highest BCUT2D eigenvalue weighted by molar-refractivity contribution is 5.95. The number of esters is 1. The number of fused-ring (bicyclic) bond motifs is 2. The maximum atomic E-state index is 13.8. The average molecular weight is 543 g/mol. The summed E-state index contributed by atoms with van der Waals surface area (Å²) >= 11 is 0. The molecular weight excluding hydrogens is 514 g/mol. The van der Waals surface area contributed by atoms with Gasteiger partial charge in [0.1, 0.15) is 23.9 Å². The number of para-hydroxylation sites is 1. The van der Waals surface area contributed by atoms with E-state index in [1.54, 1.807) is 23.9 Å². The Bertz CT molecular complexity index is 1730. The lowest BCUT2D eigenvalue weighted by Gasteiger charge is -2.35. The molecule has 0 unspecified atom stereocenters. The van der Waals surface area contributed by atoms with Crippen molar-refractivity contribution in [2.24, 2.45) is 0 Å². The van der Waals surface area contributed by atoms with Gasteiger partial charge in [0.2, 0.25) is 0 Å². The van der Waals surface area contributed by atoms with Crippen LogP contribution in [0.3, 0.4) is 0 Å². The minimum Gasteiger partial charge on any atom is -0.487 e. The molecule has 0 radical (unpaired) electrons. The Hall–Kier alpha value is -4.53. The van der Waals surface area contributed by atoms with Crippen molar-refractivity contribution in [2.45, 2.75) is 44.8 Å². The fourth-order valence-corrected chi connectivity index (χ4v) is 5.25. The zero-order valence-corrected chi connectivity index (χ0v) is 21.9. The van der Waals surface area contributed by atoms with Crippen LogP contribution in [-0.4, -0.2) is 33.3 Å². The quantitative estimate of drug-likeness (QED) is 0.225. The Labute approximate surface area is 229 Å². The summed E-state index contributed by atoms with van der Waals surface area (Å²) in [5.41, 5.74) is 10.1. The van der Waals surface area contributed by atoms with E-state index >= 15 is 0 Å². The Morgan fingerprint density at radius 1 is 1.05 bits per heavy atom. The van der Waals surface area contributed by atoms with Crippen LogP contribution < -0.4 is 10.5 Å². The first-order valence-electron chi connectivity index (χ1n) is 13.2. The summed E-state index contributed by atoms with van der Waals surface area (Å²) in [4.78, 5) is 16.3. The van der Waals surface area contributed by atoms with Crippen molar-refractivity contribution < 1.29 is 23.0 Å². The highest BCUT2D eigenvalue weighted by Gasteiger charge is 2.47. The molecule has 0 saturated heterocycles. The highest BCUT2D eigenvalue weighted by Crippen LogP contribution is 2.46. The van der Waals surface area contributed by atoms with Crippen molar-refractivity contribution in [3.05, 3.63) is 84.2 Å². The van der Waals surface area contributed by atoms with Crippen LogP contribution in [0.2, 0.25) is 0 Å². The van der Waals surface area contributed by atoms with E-state index in [9.17, 15) is 13.6 Å². The van der Waals surface area contributed by atoms with Crippen molar-refractivity contribution in [1.82, 2.24) is 14.8 Å². The van der Waals surface area contributed by atoms with E-state index in [1.165, 1.54) is 0 Å². The van der Waals surface area contributed by atoms with E-state index < -0.39 is 5.92 Å². The van der Waals surface area contributed by atoms with Crippen LogP contribution in [0.15, 0.2) is 72.9 Å². The molecule has 7 nitrogen and oxygen atoms in total. The molecule has 2 N–H and O–H groups in total. The van der Waals surface area contributed by atoms with Crippen LogP contribution >= 0.6 is 0 Å². The summed E-state index contributed by atoms with van der Waals surface area (Å²) in [7, 11) is 0. The second kappa shape index (κ2) is 10.2. The first-order chi connectivity index (χ1) is 19.3. The van der Waals surface area contributed by atoms with Gasteiger partial charge in [-0.2, -0.15) is 5.10 Å². The van der Waals surface area contributed by atoms with Crippen molar-refractivity contribution >= 4 is 33.5 Å². The number of nitrogen functional groups attached to an aromatic ring is 1. The maximum absolute atomic E-state index is 13.8. The largest absolute Gasteiger partial charge is 0.487 e. The number of nitrogens with two attached hydrogens (primary N) is 1. The third-order valence-corrected chi connectivity index (χ3v) is 7.30. The van der Waals surface area contributed by atoms with Gasteiger partial charge in [-0.1, -0.05) is 36.4 Å². The number of pyridine rings is 1. The summed E-state index contributed by atoms with van der Waals surface area (Å²) < 4.78 is 40.5. The molecule has 9 heteroatoms. The van der Waals surface area contributed by atoms with Gasteiger partial charge in [-0.05, 0) is 53.8 Å². The van der Waals surface area contributed by atoms with E-state index in [0.29, 0.717) is 29.4 Å². The van der Waals surface area contributed by atoms with Crippen LogP contribution in [0.25, 0.3) is 32.8 Å². The predicted octanol–water partition coefficient (Wildman–Crippen LogP) is 6.49. The van der Waals surface area contributed by atoms with Gasteiger partial charge >= 0.3 is 5.97 Å². The number of hydrogen-bond donors (Lipinski definition) is 1. The first-order valence-corrected chi connectivity index (χ1v) is 13.2. The van der Waals surface area contributed by atoms with Crippen molar-refractivity contribution in [3.8, 4) is 16.9 Å². The fourth-order valence-electron chi connectivity index (χ4n) is 5.25. The molecule has 0 amide bonds. The SMILES string of the molecule is CCOC(=O)Cc1ccccc1OCc1nn(C2CC(F)(F)C2)c2ccc(-c3ccc4ccnc(N)c4c3)cc12. The maximum Gasteiger partial charge on any atom is 0.310 e. The molecule has 2 aromatic heterocycles. The predicted molar refractivity (Wildman–Crippen MR) is 149 cm³/mol. The van der Waals surface area contributed by atoms with Crippen LogP contribution in [0.5, 0.6) is 5.75 Å². The smallest absolute Gasteiger partial charge is 0.310 e. The van der Waals surface area contributed by atoms with E-state index in [0.717, 1.165) is 32.8 Å². The van der Waals surface area contributed by atoms with Gasteiger partial charge in [0.05, 0.1) is 24.6 Å². The van der Waals surface area contributed by atoms with Gasteiger partial charge in [-0.3, -0.25) is 9.48 Å². The number of anilines is 1. The van der Waals surface area contributed by atoms with Crippen LogP contribution in [0, 0.1) is 0 Å². The molecular formula is C31H28F2N4O3. The molecule has 1 fully saturated rings. The Balaban J connectivity index is 1.36. The molecule has 40 heavy (non-hydrogen) atoms. The third-order valence-electron chi connectivity index (χ3n) is 7.30. The number of carbonyl (C=O) groups excluding carboxylic acids is 1. The number of benzene rings is 3. The molecule has 2 heterocycles. The number of rotatable bonds is 8. The lowest BCUT2D eigenvalue weighted by molar-refractivity contribution is -0.142. The summed E-state index contributed by atoms with van der Waals surface area (Å²) in [6.45, 7) is 2.16. The number of carbonyl (C=O) groups is 1. The minimum atomic E-state index is -2.68. The molecule has 1 aliphatic rings. The van der Waals surface area contributed by atoms with Gasteiger partial charge in [0.15, 0.2) is 0 Å². The number of nitrogens with zero attached hydrogens (tertiary/aromatic N) is 3. The number of halogens is 2. The van der Waals surface area contributed by atoms with Gasteiger partial charge in [0, 0.05) is 35.4 Å². The molecule has 204 valence electrons. The zero-order valence-electron chi connectivity index (χ0n) is 21.9. The zero-order chi connectivity index (χ0) is 27.9. The Morgan fingerprint density at radius 3 is 2.58 bits per heavy atom. The normalized spacial score (nSPS) is 14.8. The topological polar surface area (TPSA) is 92.3 Å². The molecule has 0 bridgehead atoms. The average Bonchev–Trinajstić information content (AvgIpc) is 3.29. The summed E-state index contributed by atoms with van der Waals surface area (Å²) in [5, 5.41) is 7.41. The Morgan fingerprint density at radius 2 is 1.80 bits per heavy atom. The van der Waals surface area contributed by atoms with Gasteiger partial charge in [0.25, 0.3) is 5.92 Å². The van der Waals surface area contributed by atoms with Gasteiger partial charge < -0.3 is 15.2 Å². The lowest BCUT2D eigenvalue weighted by atomic mass is 9.88. The van der Waals surface area contributed by atoms with Crippen molar-refractivity contribution in [3.63, 3.8) is 0 Å². The van der Waals surface area contributed by atoms with E-state index in [1.807, 2.05) is 60.7 Å². The molecule has 1 aliphatic carbocycles. The van der Waals surface area contributed by atoms with Gasteiger partial charge in [-0.25, -0.2) is 13.8 Å². The van der Waals surface area contributed by atoms with E-state index in [-0.39, 0.29) is 37.9 Å².